The number of aromatic amines is 3. The van der Waals surface area contributed by atoms with E-state index in [1.165, 1.54) is 11.1 Å². The van der Waals surface area contributed by atoms with E-state index in [1.807, 2.05) is 39.0 Å². The molecular weight excluding hydrogens is 364 g/mol. The highest BCUT2D eigenvalue weighted by atomic mass is 16.1. The fourth-order valence-corrected chi connectivity index (χ4v) is 3.07. The summed E-state index contributed by atoms with van der Waals surface area (Å²) in [6.07, 6.45) is 8.45. The molecule has 0 aliphatic rings. The van der Waals surface area contributed by atoms with Gasteiger partial charge in [-0.05, 0) is 42.7 Å². The maximum absolute atomic E-state index is 12.5. The van der Waals surface area contributed by atoms with Crippen LogP contribution in [0.1, 0.15) is 48.8 Å². The van der Waals surface area contributed by atoms with Crippen LogP contribution in [0.15, 0.2) is 40.2 Å². The number of benzene rings is 1. The van der Waals surface area contributed by atoms with Gasteiger partial charge in [0.1, 0.15) is 10.7 Å². The van der Waals surface area contributed by atoms with E-state index in [0.717, 1.165) is 11.3 Å². The third-order valence-electron chi connectivity index (χ3n) is 4.87. The lowest BCUT2D eigenvalue weighted by molar-refractivity contribution is 0.571. The molecule has 0 unspecified atom stereocenters. The number of aromatic nitrogens is 4. The van der Waals surface area contributed by atoms with Gasteiger partial charge in [-0.25, -0.2) is 4.98 Å². The van der Waals surface area contributed by atoms with E-state index in [1.54, 1.807) is 24.6 Å². The van der Waals surface area contributed by atoms with Crippen LogP contribution in [0.5, 0.6) is 0 Å². The molecule has 29 heavy (non-hydrogen) atoms. The fourth-order valence-electron chi connectivity index (χ4n) is 3.07. The Balaban J connectivity index is 2.01. The lowest BCUT2D eigenvalue weighted by atomic mass is 9.90. The van der Waals surface area contributed by atoms with Crippen molar-refractivity contribution in [3.63, 3.8) is 0 Å². The van der Waals surface area contributed by atoms with Gasteiger partial charge in [0.2, 0.25) is 0 Å². The molecule has 0 saturated heterocycles. The quantitative estimate of drug-likeness (QED) is 0.639. The molecule has 0 spiro atoms. The second-order valence-corrected chi connectivity index (χ2v) is 8.11. The Bertz CT molecular complexity index is 1300. The smallest absolute Gasteiger partial charge is 0.272 e. The molecule has 0 bridgehead atoms. The van der Waals surface area contributed by atoms with E-state index >= 15 is 0 Å². The van der Waals surface area contributed by atoms with Crippen molar-refractivity contribution in [1.29, 1.82) is 0 Å². The lowest BCUT2D eigenvalue weighted by Gasteiger charge is -2.16. The molecule has 0 atom stereocenters. The Kier molecular flexibility index (Phi) is 5.55. The zero-order valence-corrected chi connectivity index (χ0v) is 17.4. The number of aryl methyl sites for hydroxylation is 1. The van der Waals surface area contributed by atoms with Gasteiger partial charge in [0, 0.05) is 11.1 Å². The van der Waals surface area contributed by atoms with E-state index in [0.29, 0.717) is 5.69 Å². The van der Waals surface area contributed by atoms with Gasteiger partial charge in [0.15, 0.2) is 0 Å². The first kappa shape index (κ1) is 20.3. The van der Waals surface area contributed by atoms with Crippen LogP contribution < -0.4 is 21.8 Å². The summed E-state index contributed by atoms with van der Waals surface area (Å²) in [5, 5.41) is 0.370. The molecule has 3 aromatic rings. The van der Waals surface area contributed by atoms with Crippen LogP contribution in [0, 0.1) is 13.8 Å². The van der Waals surface area contributed by atoms with Crippen molar-refractivity contribution in [3.8, 4) is 0 Å². The van der Waals surface area contributed by atoms with Crippen molar-refractivity contribution < 1.29 is 0 Å². The van der Waals surface area contributed by atoms with Crippen LogP contribution in [0.3, 0.4) is 0 Å². The van der Waals surface area contributed by atoms with E-state index < -0.39 is 0 Å². The number of hydrogen-bond donors (Lipinski definition) is 3. The van der Waals surface area contributed by atoms with Gasteiger partial charge in [-0.3, -0.25) is 9.59 Å². The largest absolute Gasteiger partial charge is 0.348 e. The fraction of sp³-hybridized carbons (Fsp3) is 0.261. The predicted octanol–water partition coefficient (Wildman–Crippen LogP) is 2.02. The number of H-pyrrole nitrogens is 3. The Labute approximate surface area is 168 Å². The lowest BCUT2D eigenvalue weighted by Crippen LogP contribution is -2.46. The molecule has 0 aliphatic carbocycles. The summed E-state index contributed by atoms with van der Waals surface area (Å²) in [5.74, 6) is 0. The molecule has 0 saturated carbocycles. The number of imidazole rings is 1. The summed E-state index contributed by atoms with van der Waals surface area (Å²) >= 11 is 0. The van der Waals surface area contributed by atoms with E-state index in [4.69, 9.17) is 0 Å². The Morgan fingerprint density at radius 2 is 1.69 bits per heavy atom. The van der Waals surface area contributed by atoms with Crippen LogP contribution >= 0.6 is 0 Å². The third-order valence-corrected chi connectivity index (χ3v) is 4.87. The maximum Gasteiger partial charge on any atom is 0.272 e. The minimum absolute atomic E-state index is 0.165. The van der Waals surface area contributed by atoms with Crippen LogP contribution in [0.4, 0.5) is 0 Å². The summed E-state index contributed by atoms with van der Waals surface area (Å²) in [5.41, 5.74) is 4.06. The van der Waals surface area contributed by atoms with Gasteiger partial charge < -0.3 is 15.0 Å². The molecule has 6 nitrogen and oxygen atoms in total. The average molecular weight is 390 g/mol. The van der Waals surface area contributed by atoms with Crippen molar-refractivity contribution in [2.75, 3.05) is 0 Å². The molecule has 2 heterocycles. The summed E-state index contributed by atoms with van der Waals surface area (Å²) in [6, 6.07) is 6.05. The summed E-state index contributed by atoms with van der Waals surface area (Å²) in [4.78, 5) is 37.6. The van der Waals surface area contributed by atoms with Crippen LogP contribution in [-0.4, -0.2) is 19.9 Å². The predicted molar refractivity (Wildman–Crippen MR) is 117 cm³/mol. The molecule has 3 N–H and O–H groups in total. The van der Waals surface area contributed by atoms with Gasteiger partial charge in [0.05, 0.1) is 12.0 Å². The van der Waals surface area contributed by atoms with Crippen molar-refractivity contribution >= 4 is 18.2 Å². The molecule has 0 amide bonds. The minimum atomic E-state index is -0.376. The molecule has 3 rings (SSSR count). The summed E-state index contributed by atoms with van der Waals surface area (Å²) in [7, 11) is 0. The van der Waals surface area contributed by atoms with Crippen LogP contribution in [0.2, 0.25) is 0 Å². The van der Waals surface area contributed by atoms with Gasteiger partial charge in [0.25, 0.3) is 11.1 Å². The second kappa shape index (κ2) is 7.91. The maximum atomic E-state index is 12.5. The van der Waals surface area contributed by atoms with Crippen LogP contribution in [0.25, 0.3) is 18.2 Å². The van der Waals surface area contributed by atoms with Crippen molar-refractivity contribution in [2.24, 2.45) is 0 Å². The number of nitrogens with zero attached hydrogens (tertiary/aromatic N) is 1. The monoisotopic (exact) mass is 390 g/mol. The molecule has 1 aromatic carbocycles. The van der Waals surface area contributed by atoms with Gasteiger partial charge >= 0.3 is 0 Å². The highest BCUT2D eigenvalue weighted by molar-refractivity contribution is 5.61. The zero-order chi connectivity index (χ0) is 21.2. The third kappa shape index (κ3) is 4.54. The Morgan fingerprint density at radius 1 is 1.00 bits per heavy atom. The normalized spacial score (nSPS) is 13.6. The number of nitrogens with one attached hydrogen (secondary N) is 3. The van der Waals surface area contributed by atoms with E-state index in [2.05, 4.69) is 39.8 Å². The van der Waals surface area contributed by atoms with Gasteiger partial charge in [-0.15, -0.1) is 0 Å². The minimum Gasteiger partial charge on any atom is -0.348 e. The summed E-state index contributed by atoms with van der Waals surface area (Å²) in [6.45, 7) is 10.2. The van der Waals surface area contributed by atoms with E-state index in [9.17, 15) is 9.59 Å². The molecular formula is C23H26N4O2. The molecule has 6 heteroatoms. The van der Waals surface area contributed by atoms with Crippen molar-refractivity contribution in [1.82, 2.24) is 19.9 Å². The molecule has 2 aromatic heterocycles. The van der Waals surface area contributed by atoms with Crippen molar-refractivity contribution in [3.05, 3.63) is 90.1 Å². The molecule has 0 aliphatic heterocycles. The zero-order valence-electron chi connectivity index (χ0n) is 17.4. The highest BCUT2D eigenvalue weighted by Crippen LogP contribution is 2.22. The first-order valence-electron chi connectivity index (χ1n) is 9.49. The molecule has 0 radical (unpaired) electrons. The van der Waals surface area contributed by atoms with E-state index in [-0.39, 0.29) is 27.2 Å². The topological polar surface area (TPSA) is 94.4 Å². The highest BCUT2D eigenvalue weighted by Gasteiger charge is 2.19. The first-order valence-corrected chi connectivity index (χ1v) is 9.49. The Hall–Kier alpha value is -3.41. The summed E-state index contributed by atoms with van der Waals surface area (Å²) < 4.78 is 0. The standard InChI is InChI=1S/C23H26N4O2/c1-14-8-6-9-16(15(14)2)10-7-11-17-21(28)27-19(22(29)26-17)12-18-20(23(3,4)5)25-13-24-18/h6-13H,1-5H3,(H,24,25)(H,26,29)(H,27,28)/b10-7+,17-11-,19-12-. The van der Waals surface area contributed by atoms with Crippen molar-refractivity contribution in [2.45, 2.75) is 40.0 Å². The Morgan fingerprint density at radius 3 is 2.41 bits per heavy atom. The number of allylic oxidation sites excluding steroid dienone is 1. The first-order chi connectivity index (χ1) is 13.7. The molecule has 150 valence electrons. The number of rotatable bonds is 3. The average Bonchev–Trinajstić information content (AvgIpc) is 3.11. The van der Waals surface area contributed by atoms with Gasteiger partial charge in [-0.2, -0.15) is 0 Å². The molecule has 0 fully saturated rings. The second-order valence-electron chi connectivity index (χ2n) is 8.11. The number of hydrogen-bond acceptors (Lipinski definition) is 3. The SMILES string of the molecule is Cc1cccc(/C=C/C=c2\[nH]c(=O)/c(=C/c3nc[nH]c3C(C)(C)C)[nH]c2=O)c1C. The van der Waals surface area contributed by atoms with Gasteiger partial charge in [-0.1, -0.05) is 51.1 Å². The van der Waals surface area contributed by atoms with Crippen LogP contribution in [-0.2, 0) is 5.41 Å².